The van der Waals surface area contributed by atoms with Crippen molar-refractivity contribution in [2.24, 2.45) is 5.92 Å². The molecule has 1 aliphatic rings. The fraction of sp³-hybridized carbons (Fsp3) is 0.467. The fourth-order valence-corrected chi connectivity index (χ4v) is 2.91. The molecule has 2 heterocycles. The van der Waals surface area contributed by atoms with Crippen LogP contribution in [-0.2, 0) is 16.0 Å². The third-order valence-corrected chi connectivity index (χ3v) is 4.54. The summed E-state index contributed by atoms with van der Waals surface area (Å²) in [6, 6.07) is 2.98. The van der Waals surface area contributed by atoms with E-state index in [9.17, 15) is 9.59 Å². The van der Waals surface area contributed by atoms with E-state index in [1.165, 1.54) is 11.3 Å². The number of rotatable bonds is 8. The molecule has 122 valence electrons. The number of nitrogens with zero attached hydrogens (tertiary/aromatic N) is 2. The quantitative estimate of drug-likeness (QED) is 0.765. The lowest BCUT2D eigenvalue weighted by Gasteiger charge is -2.13. The van der Waals surface area contributed by atoms with Crippen molar-refractivity contribution in [3.8, 4) is 10.7 Å². The minimum atomic E-state index is -0.983. The van der Waals surface area contributed by atoms with Crippen molar-refractivity contribution in [3.05, 3.63) is 23.4 Å². The Labute approximate surface area is 136 Å². The van der Waals surface area contributed by atoms with E-state index in [-0.39, 0.29) is 12.3 Å². The molecule has 0 saturated heterocycles. The van der Waals surface area contributed by atoms with Crippen LogP contribution in [0.1, 0.15) is 31.6 Å². The number of nitrogens with one attached hydrogen (secondary N) is 1. The van der Waals surface area contributed by atoms with Crippen molar-refractivity contribution in [3.63, 3.8) is 0 Å². The molecular formula is C15H17N3O4S. The molecule has 1 fully saturated rings. The highest BCUT2D eigenvalue weighted by molar-refractivity contribution is 7.13. The average Bonchev–Trinajstić information content (AvgIpc) is 3.02. The maximum Gasteiger partial charge on any atom is 0.326 e. The smallest absolute Gasteiger partial charge is 0.326 e. The summed E-state index contributed by atoms with van der Waals surface area (Å²) < 4.78 is 5.12. The Hall–Kier alpha value is -2.22. The summed E-state index contributed by atoms with van der Waals surface area (Å²) >= 11 is 1.51. The molecule has 0 radical (unpaired) electrons. The van der Waals surface area contributed by atoms with Crippen LogP contribution in [0, 0.1) is 5.92 Å². The molecule has 1 unspecified atom stereocenters. The van der Waals surface area contributed by atoms with Gasteiger partial charge < -0.3 is 14.9 Å². The number of amides is 1. The lowest BCUT2D eigenvalue weighted by atomic mass is 10.1. The number of carboxylic acids is 1. The standard InChI is InChI=1S/C15H17N3O4S/c19-12(16-10(15(20)21)8-9-3-4-9)5-6-13-17-14(18-22-13)11-2-1-7-23-11/h1-2,7,9-10H,3-6,8H2,(H,16,19)(H,20,21). The summed E-state index contributed by atoms with van der Waals surface area (Å²) in [5.41, 5.74) is 0. The summed E-state index contributed by atoms with van der Waals surface area (Å²) in [4.78, 5) is 28.2. The third kappa shape index (κ3) is 4.38. The van der Waals surface area contributed by atoms with Crippen molar-refractivity contribution < 1.29 is 19.2 Å². The van der Waals surface area contributed by atoms with Crippen LogP contribution in [0.5, 0.6) is 0 Å². The number of thiophene rings is 1. The zero-order valence-corrected chi connectivity index (χ0v) is 13.2. The minimum Gasteiger partial charge on any atom is -0.480 e. The van der Waals surface area contributed by atoms with Crippen LogP contribution < -0.4 is 5.32 Å². The molecule has 2 N–H and O–H groups in total. The Kier molecular flexibility index (Phi) is 4.71. The second kappa shape index (κ2) is 6.91. The molecule has 0 aromatic carbocycles. The van der Waals surface area contributed by atoms with E-state index >= 15 is 0 Å². The molecule has 1 atom stereocenters. The number of aliphatic carboxylic acids is 1. The van der Waals surface area contributed by atoms with E-state index in [2.05, 4.69) is 15.5 Å². The van der Waals surface area contributed by atoms with Gasteiger partial charge in [-0.3, -0.25) is 4.79 Å². The molecule has 0 aliphatic heterocycles. The van der Waals surface area contributed by atoms with Crippen molar-refractivity contribution in [1.29, 1.82) is 0 Å². The van der Waals surface area contributed by atoms with Gasteiger partial charge in [-0.15, -0.1) is 11.3 Å². The number of aryl methyl sites for hydroxylation is 1. The molecule has 1 saturated carbocycles. The lowest BCUT2D eigenvalue weighted by Crippen LogP contribution is -2.41. The van der Waals surface area contributed by atoms with Gasteiger partial charge in [0.1, 0.15) is 6.04 Å². The van der Waals surface area contributed by atoms with Gasteiger partial charge in [0.15, 0.2) is 0 Å². The maximum absolute atomic E-state index is 11.9. The van der Waals surface area contributed by atoms with Gasteiger partial charge in [0, 0.05) is 12.8 Å². The zero-order chi connectivity index (χ0) is 16.2. The molecular weight excluding hydrogens is 318 g/mol. The highest BCUT2D eigenvalue weighted by atomic mass is 32.1. The van der Waals surface area contributed by atoms with Gasteiger partial charge in [0.05, 0.1) is 4.88 Å². The zero-order valence-electron chi connectivity index (χ0n) is 12.4. The third-order valence-electron chi connectivity index (χ3n) is 3.67. The molecule has 2 aromatic heterocycles. The molecule has 1 amide bonds. The summed E-state index contributed by atoms with van der Waals surface area (Å²) in [7, 11) is 0. The van der Waals surface area contributed by atoms with Gasteiger partial charge in [-0.1, -0.05) is 24.1 Å². The molecule has 3 rings (SSSR count). The van der Waals surface area contributed by atoms with Crippen LogP contribution in [0.25, 0.3) is 10.7 Å². The molecule has 0 spiro atoms. The summed E-state index contributed by atoms with van der Waals surface area (Å²) in [6.45, 7) is 0. The first-order chi connectivity index (χ1) is 11.1. The fourth-order valence-electron chi connectivity index (χ4n) is 2.26. The summed E-state index contributed by atoms with van der Waals surface area (Å²) in [6.07, 6.45) is 3.02. The van der Waals surface area contributed by atoms with Gasteiger partial charge in [-0.05, 0) is 23.8 Å². The van der Waals surface area contributed by atoms with E-state index in [1.807, 2.05) is 17.5 Å². The predicted octanol–water partition coefficient (Wildman–Crippen LogP) is 2.10. The van der Waals surface area contributed by atoms with Crippen LogP contribution in [0.15, 0.2) is 22.0 Å². The van der Waals surface area contributed by atoms with E-state index in [1.54, 1.807) is 0 Å². The first-order valence-corrected chi connectivity index (χ1v) is 8.38. The second-order valence-electron chi connectivity index (χ2n) is 5.63. The number of carboxylic acid groups (broad SMARTS) is 1. The van der Waals surface area contributed by atoms with Crippen LogP contribution in [0.3, 0.4) is 0 Å². The number of hydrogen-bond donors (Lipinski definition) is 2. The highest BCUT2D eigenvalue weighted by Crippen LogP contribution is 2.33. The second-order valence-corrected chi connectivity index (χ2v) is 6.57. The number of hydrogen-bond acceptors (Lipinski definition) is 6. The molecule has 23 heavy (non-hydrogen) atoms. The Morgan fingerprint density at radius 1 is 1.48 bits per heavy atom. The predicted molar refractivity (Wildman–Crippen MR) is 82.8 cm³/mol. The van der Waals surface area contributed by atoms with Crippen LogP contribution in [0.4, 0.5) is 0 Å². The summed E-state index contributed by atoms with van der Waals surface area (Å²) in [5, 5.41) is 17.5. The van der Waals surface area contributed by atoms with E-state index < -0.39 is 12.0 Å². The summed E-state index contributed by atoms with van der Waals surface area (Å²) in [5.74, 6) is 0.0165. The average molecular weight is 335 g/mol. The van der Waals surface area contributed by atoms with E-state index in [0.29, 0.717) is 30.5 Å². The van der Waals surface area contributed by atoms with Crippen molar-refractivity contribution in [1.82, 2.24) is 15.5 Å². The topological polar surface area (TPSA) is 105 Å². The van der Waals surface area contributed by atoms with Gasteiger partial charge in [-0.2, -0.15) is 4.98 Å². The number of carbonyl (C=O) groups is 2. The molecule has 8 heteroatoms. The normalized spacial score (nSPS) is 15.3. The number of carbonyl (C=O) groups excluding carboxylic acids is 1. The largest absolute Gasteiger partial charge is 0.480 e. The van der Waals surface area contributed by atoms with Crippen molar-refractivity contribution >= 4 is 23.2 Å². The van der Waals surface area contributed by atoms with E-state index in [4.69, 9.17) is 9.63 Å². The Morgan fingerprint density at radius 3 is 2.96 bits per heavy atom. The first kappa shape index (κ1) is 15.7. The Morgan fingerprint density at radius 2 is 2.30 bits per heavy atom. The van der Waals surface area contributed by atoms with Crippen LogP contribution in [-0.4, -0.2) is 33.2 Å². The minimum absolute atomic E-state index is 0.126. The van der Waals surface area contributed by atoms with Gasteiger partial charge in [0.25, 0.3) is 0 Å². The van der Waals surface area contributed by atoms with Crippen LogP contribution >= 0.6 is 11.3 Å². The van der Waals surface area contributed by atoms with E-state index in [0.717, 1.165) is 17.7 Å². The Bertz CT molecular complexity index is 679. The molecule has 1 aliphatic carbocycles. The molecule has 7 nitrogen and oxygen atoms in total. The number of aromatic nitrogens is 2. The van der Waals surface area contributed by atoms with Crippen molar-refractivity contribution in [2.45, 2.75) is 38.1 Å². The molecule has 2 aromatic rings. The highest BCUT2D eigenvalue weighted by Gasteiger charge is 2.30. The first-order valence-electron chi connectivity index (χ1n) is 7.50. The van der Waals surface area contributed by atoms with Crippen molar-refractivity contribution in [2.75, 3.05) is 0 Å². The lowest BCUT2D eigenvalue weighted by molar-refractivity contribution is -0.142. The Balaban J connectivity index is 1.49. The van der Waals surface area contributed by atoms with Gasteiger partial charge in [-0.25, -0.2) is 4.79 Å². The maximum atomic E-state index is 11.9. The molecule has 0 bridgehead atoms. The SMILES string of the molecule is O=C(CCc1nc(-c2cccs2)no1)NC(CC1CC1)C(=O)O. The van der Waals surface area contributed by atoms with Crippen LogP contribution in [0.2, 0.25) is 0 Å². The monoisotopic (exact) mass is 335 g/mol. The van der Waals surface area contributed by atoms with Gasteiger partial charge in [0.2, 0.25) is 17.6 Å². The van der Waals surface area contributed by atoms with Gasteiger partial charge >= 0.3 is 5.97 Å².